The predicted octanol–water partition coefficient (Wildman–Crippen LogP) is 8.85. The quantitative estimate of drug-likeness (QED) is 0.277. The Bertz CT molecular complexity index is 1190. The van der Waals surface area contributed by atoms with E-state index in [-0.39, 0.29) is 22.4 Å². The van der Waals surface area contributed by atoms with E-state index < -0.39 is 0 Å². The molecule has 0 amide bonds. The molecule has 0 bridgehead atoms. The zero-order chi connectivity index (χ0) is 27.0. The van der Waals surface area contributed by atoms with Crippen molar-refractivity contribution in [3.63, 3.8) is 0 Å². The lowest BCUT2D eigenvalue weighted by Gasteiger charge is -2.30. The van der Waals surface area contributed by atoms with Crippen molar-refractivity contribution in [1.29, 1.82) is 0 Å². The highest BCUT2D eigenvalue weighted by molar-refractivity contribution is 8.06. The third kappa shape index (κ3) is 7.55. The van der Waals surface area contributed by atoms with Crippen LogP contribution in [0.2, 0.25) is 0 Å². The molecule has 0 saturated carbocycles. The minimum Gasteiger partial charge on any atom is -0.871 e. The summed E-state index contributed by atoms with van der Waals surface area (Å²) in [6.45, 7) is 22.1. The number of carbonyl (C=O) groups excluding carboxylic acids is 1. The van der Waals surface area contributed by atoms with E-state index in [1.165, 1.54) is 19.6 Å². The molecule has 0 fully saturated rings. The van der Waals surface area contributed by atoms with Gasteiger partial charge in [0.2, 0.25) is 21.1 Å². The first kappa shape index (κ1) is 28.7. The van der Waals surface area contributed by atoms with Gasteiger partial charge in [0.15, 0.2) is 5.78 Å². The second kappa shape index (κ2) is 10.8. The zero-order valence-corrected chi connectivity index (χ0v) is 25.3. The summed E-state index contributed by atoms with van der Waals surface area (Å²) in [7, 11) is 0. The molecule has 0 saturated heterocycles. The van der Waals surface area contributed by atoms with Crippen LogP contribution in [0.15, 0.2) is 62.6 Å². The summed E-state index contributed by atoms with van der Waals surface area (Å²) in [5, 5.41) is 13.1. The van der Waals surface area contributed by atoms with Gasteiger partial charge in [-0.15, -0.1) is 0 Å². The van der Waals surface area contributed by atoms with Gasteiger partial charge >= 0.3 is 0 Å². The Morgan fingerprint density at radius 1 is 0.917 bits per heavy atom. The number of Topliss-reactive ketones (excluding diaryl/α,β-unsaturated/α-hetero) is 1. The van der Waals surface area contributed by atoms with Crippen molar-refractivity contribution in [3.8, 4) is 0 Å². The highest BCUT2D eigenvalue weighted by Crippen LogP contribution is 2.43. The van der Waals surface area contributed by atoms with Gasteiger partial charge in [0, 0.05) is 35.6 Å². The molecule has 0 aromatic carbocycles. The maximum absolute atomic E-state index is 13.1. The molecule has 1 aromatic heterocycles. The van der Waals surface area contributed by atoms with Crippen LogP contribution in [0.1, 0.15) is 96.9 Å². The average Bonchev–Trinajstić information content (AvgIpc) is 2.72. The molecule has 2 aliphatic rings. The fraction of sp³-hybridized carbons (Fsp3) is 0.500. The Hall–Kier alpha value is -1.91. The summed E-state index contributed by atoms with van der Waals surface area (Å²) in [5.74, 6) is 0.498. The minimum atomic E-state index is -0.146. The molecule has 0 radical (unpaired) electrons. The Balaban J connectivity index is 1.97. The molecule has 1 aliphatic carbocycles. The molecule has 4 heteroatoms. The number of allylic oxidation sites excluding steroid dienone is 8. The molecule has 1 aliphatic heterocycles. The van der Waals surface area contributed by atoms with Gasteiger partial charge in [0.1, 0.15) is 0 Å². The summed E-state index contributed by atoms with van der Waals surface area (Å²) in [6, 6.07) is 4.27. The minimum absolute atomic E-state index is 0.146. The van der Waals surface area contributed by atoms with Crippen LogP contribution >= 0.6 is 23.1 Å². The Morgan fingerprint density at radius 3 is 2.08 bits per heavy atom. The van der Waals surface area contributed by atoms with Crippen molar-refractivity contribution < 1.29 is 9.90 Å². The number of hydrogen-bond acceptors (Lipinski definition) is 3. The number of thioether (sulfide) groups is 1. The van der Waals surface area contributed by atoms with Gasteiger partial charge < -0.3 is 5.11 Å². The van der Waals surface area contributed by atoms with Gasteiger partial charge in [-0.2, -0.15) is 0 Å². The summed E-state index contributed by atoms with van der Waals surface area (Å²) < 4.78 is 0. The fourth-order valence-electron chi connectivity index (χ4n) is 4.19. The monoisotopic (exact) mass is 522 g/mol. The van der Waals surface area contributed by atoms with Crippen molar-refractivity contribution in [2.24, 2.45) is 16.7 Å². The Morgan fingerprint density at radius 2 is 1.56 bits per heavy atom. The molecule has 36 heavy (non-hydrogen) atoms. The summed E-state index contributed by atoms with van der Waals surface area (Å²) in [5.41, 5.74) is 2.84. The first-order valence-corrected chi connectivity index (χ1v) is 14.6. The molecule has 194 valence electrons. The van der Waals surface area contributed by atoms with E-state index in [9.17, 15) is 9.90 Å². The van der Waals surface area contributed by atoms with Crippen LogP contribution in [0.25, 0.3) is 6.08 Å². The largest absolute Gasteiger partial charge is 0.871 e. The Kier molecular flexibility index (Phi) is 8.62. The normalized spacial score (nSPS) is 19.4. The second-order valence-electron chi connectivity index (χ2n) is 13.1. The van der Waals surface area contributed by atoms with Crippen molar-refractivity contribution in [1.82, 2.24) is 0 Å². The van der Waals surface area contributed by atoms with Crippen molar-refractivity contribution in [2.75, 3.05) is 0 Å². The summed E-state index contributed by atoms with van der Waals surface area (Å²) in [6.07, 6.45) is 9.79. The van der Waals surface area contributed by atoms with E-state index in [0.717, 1.165) is 24.0 Å². The van der Waals surface area contributed by atoms with Crippen molar-refractivity contribution >= 4 is 35.0 Å². The zero-order valence-electron chi connectivity index (χ0n) is 23.7. The Labute approximate surface area is 227 Å². The van der Waals surface area contributed by atoms with E-state index in [2.05, 4.69) is 93.5 Å². The van der Waals surface area contributed by atoms with E-state index in [0.29, 0.717) is 23.0 Å². The fourth-order valence-corrected chi connectivity index (χ4v) is 7.06. The van der Waals surface area contributed by atoms with Crippen LogP contribution < -0.4 is 5.11 Å². The second-order valence-corrected chi connectivity index (χ2v) is 15.5. The summed E-state index contributed by atoms with van der Waals surface area (Å²) in [4.78, 5) is 18.2. The molecule has 2 nitrogen and oxygen atoms in total. The summed E-state index contributed by atoms with van der Waals surface area (Å²) >= 11 is 3.65. The standard InChI is InChI=1S/C32H42O2S2/c1-19(2)27-15-21(11-23(35-27)17-31(5,6)7)13-25-29(33)26(30(25)34)14-22-12-24(18-32(8,9)10)36-28(16-22)20(3)4/h11-16,19-20H,17-18H2,1-10H3. The molecule has 0 atom stereocenters. The molecule has 3 rings (SSSR count). The van der Waals surface area contributed by atoms with Gasteiger partial charge in [-0.3, -0.25) is 4.79 Å². The van der Waals surface area contributed by atoms with Crippen molar-refractivity contribution in [3.05, 3.63) is 78.0 Å². The molecule has 0 spiro atoms. The van der Waals surface area contributed by atoms with E-state index in [1.807, 2.05) is 23.1 Å². The van der Waals surface area contributed by atoms with Gasteiger partial charge in [0.05, 0.1) is 0 Å². The molecular weight excluding hydrogens is 480 g/mol. The molecule has 2 heterocycles. The van der Waals surface area contributed by atoms with E-state index in [4.69, 9.17) is 0 Å². The first-order valence-electron chi connectivity index (χ1n) is 13.0. The highest BCUT2D eigenvalue weighted by Gasteiger charge is 2.28. The SMILES string of the molecule is CC(C)C1=CC(=CC2=C([O-])C(=Cc3cc(CC(C)(C)C)[s+]c(C(C)C)c3)C2=O)C=C(CC(C)(C)C)S1. The lowest BCUT2D eigenvalue weighted by molar-refractivity contribution is -0.300. The lowest BCUT2D eigenvalue weighted by Crippen LogP contribution is -2.29. The topological polar surface area (TPSA) is 40.1 Å². The average molecular weight is 523 g/mol. The van der Waals surface area contributed by atoms with Crippen molar-refractivity contribution in [2.45, 2.75) is 88.0 Å². The van der Waals surface area contributed by atoms with Gasteiger partial charge in [0.25, 0.3) is 0 Å². The van der Waals surface area contributed by atoms with Crippen LogP contribution in [-0.2, 0) is 11.2 Å². The van der Waals surface area contributed by atoms with E-state index >= 15 is 0 Å². The molecule has 0 N–H and O–H groups in total. The van der Waals surface area contributed by atoms with Gasteiger partial charge in [-0.05, 0) is 68.4 Å². The van der Waals surface area contributed by atoms with Gasteiger partial charge in [-0.1, -0.05) is 86.8 Å². The lowest BCUT2D eigenvalue weighted by atomic mass is 9.85. The maximum atomic E-state index is 13.1. The number of hydrogen-bond donors (Lipinski definition) is 0. The van der Waals surface area contributed by atoms with Gasteiger partial charge in [-0.25, -0.2) is 0 Å². The first-order chi connectivity index (χ1) is 16.5. The van der Waals surface area contributed by atoms with Crippen LogP contribution in [0.5, 0.6) is 0 Å². The predicted molar refractivity (Wildman–Crippen MR) is 157 cm³/mol. The maximum Gasteiger partial charge on any atom is 0.218 e. The third-order valence-electron chi connectivity index (χ3n) is 5.92. The van der Waals surface area contributed by atoms with Crippen LogP contribution in [0, 0.1) is 16.7 Å². The number of ketones is 1. The third-order valence-corrected chi connectivity index (χ3v) is 8.62. The number of rotatable bonds is 6. The van der Waals surface area contributed by atoms with Crippen LogP contribution in [0.4, 0.5) is 0 Å². The smallest absolute Gasteiger partial charge is 0.218 e. The molecular formula is C32H42O2S2. The highest BCUT2D eigenvalue weighted by atomic mass is 32.2. The molecule has 0 unspecified atom stereocenters. The van der Waals surface area contributed by atoms with E-state index in [1.54, 1.807) is 12.2 Å². The number of carbonyl (C=O) groups is 1. The van der Waals surface area contributed by atoms with Crippen LogP contribution in [-0.4, -0.2) is 5.78 Å². The van der Waals surface area contributed by atoms with Crippen LogP contribution in [0.3, 0.4) is 0 Å². The molecule has 1 aromatic rings.